The first-order valence-electron chi connectivity index (χ1n) is 14.0. The van der Waals surface area contributed by atoms with Crippen LogP contribution in [-0.2, 0) is 50.6 Å². The van der Waals surface area contributed by atoms with Gasteiger partial charge in [0.15, 0.2) is 11.6 Å². The number of benzene rings is 2. The lowest BCUT2D eigenvalue weighted by molar-refractivity contribution is -0.432. The Morgan fingerprint density at radius 2 is 1.60 bits per heavy atom. The van der Waals surface area contributed by atoms with E-state index in [1.54, 1.807) is 75.4 Å². The minimum atomic E-state index is -4.53. The van der Waals surface area contributed by atoms with Gasteiger partial charge in [-0.05, 0) is 62.7 Å². The fourth-order valence-electron chi connectivity index (χ4n) is 5.82. The molecule has 4 N–H and O–H groups in total. The smallest absolute Gasteiger partial charge is 0.326 e. The molecule has 2 aliphatic heterocycles. The molecular weight excluding hydrogens is 709 g/mol. The zero-order chi connectivity index (χ0) is 35.9. The summed E-state index contributed by atoms with van der Waals surface area (Å²) in [6.07, 6.45) is 10.2. The number of rotatable bonds is 12. The molecule has 0 fully saturated rings. The molecule has 2 heterocycles. The van der Waals surface area contributed by atoms with E-state index < -0.39 is 52.9 Å². The first-order chi connectivity index (χ1) is 22.1. The van der Waals surface area contributed by atoms with Crippen LogP contribution in [-0.4, -0.2) is 66.2 Å². The molecule has 0 radical (unpaired) electrons. The van der Waals surface area contributed by atoms with Gasteiger partial charge in [0.05, 0.1) is 22.4 Å². The second-order valence-corrected chi connectivity index (χ2v) is 17.2. The Kier molecular flexibility index (Phi) is 10.7. The second-order valence-electron chi connectivity index (χ2n) is 12.2. The number of fused-ring (bicyclic) bond motifs is 2. The Morgan fingerprint density at radius 1 is 0.917 bits per heavy atom. The Balaban J connectivity index is 1.67. The average molecular weight is 744 g/mol. The largest absolute Gasteiger partial charge is 0.327 e. The van der Waals surface area contributed by atoms with Crippen LogP contribution in [0.15, 0.2) is 93.9 Å². The maximum atomic E-state index is 11.9. The molecule has 0 unspecified atom stereocenters. The van der Waals surface area contributed by atoms with Crippen LogP contribution in [0, 0.1) is 0 Å². The van der Waals surface area contributed by atoms with E-state index in [1.807, 2.05) is 13.8 Å². The molecule has 2 aromatic rings. The van der Waals surface area contributed by atoms with Gasteiger partial charge in [-0.25, -0.2) is 5.26 Å². The predicted octanol–water partition coefficient (Wildman–Crippen LogP) is 5.17. The van der Waals surface area contributed by atoms with Gasteiger partial charge < -0.3 is 4.90 Å². The fraction of sp³-hybridized carbons (Fsp3) is 0.300. The third kappa shape index (κ3) is 8.33. The number of hydrogen-bond acceptors (Lipinski definition) is 11. The zero-order valence-electron chi connectivity index (χ0n) is 26.4. The molecule has 18 heteroatoms. The van der Waals surface area contributed by atoms with Crippen LogP contribution in [0.25, 0.3) is 0 Å². The summed E-state index contributed by atoms with van der Waals surface area (Å²) in [7, 11) is -13.4. The summed E-state index contributed by atoms with van der Waals surface area (Å²) in [6.45, 7) is 9.06. The van der Waals surface area contributed by atoms with Crippen molar-refractivity contribution in [2.75, 3.05) is 16.7 Å². The third-order valence-corrected chi connectivity index (χ3v) is 10.6. The van der Waals surface area contributed by atoms with Gasteiger partial charge in [0, 0.05) is 39.4 Å². The quantitative estimate of drug-likeness (QED) is 0.0553. The third-order valence-electron chi connectivity index (χ3n) is 8.00. The highest BCUT2D eigenvalue weighted by molar-refractivity contribution is 7.94. The molecule has 0 saturated carbocycles. The Bertz CT molecular complexity index is 2110. The zero-order valence-corrected chi connectivity index (χ0v) is 29.7. The van der Waals surface area contributed by atoms with Crippen molar-refractivity contribution in [3.8, 4) is 0 Å². The number of hydrogen-bond donors (Lipinski definition) is 4. The molecule has 260 valence electrons. The van der Waals surface area contributed by atoms with Gasteiger partial charge in [-0.3, -0.25) is 13.7 Å². The molecule has 2 aromatic carbocycles. The predicted molar refractivity (Wildman–Crippen MR) is 180 cm³/mol. The van der Waals surface area contributed by atoms with E-state index in [1.165, 1.54) is 21.6 Å². The van der Waals surface area contributed by atoms with Crippen molar-refractivity contribution >= 4 is 59.5 Å². The van der Waals surface area contributed by atoms with Crippen LogP contribution in [0.4, 0.5) is 11.4 Å². The second kappa shape index (κ2) is 13.6. The van der Waals surface area contributed by atoms with Crippen molar-refractivity contribution in [1.82, 2.24) is 0 Å². The Hall–Kier alpha value is -3.17. The van der Waals surface area contributed by atoms with E-state index in [0.717, 1.165) is 29.2 Å². The summed E-state index contributed by atoms with van der Waals surface area (Å²) in [5.74, 6) is -1.48. The van der Waals surface area contributed by atoms with E-state index in [0.29, 0.717) is 33.2 Å². The molecule has 0 spiro atoms. The summed E-state index contributed by atoms with van der Waals surface area (Å²) < 4.78 is 106. The van der Waals surface area contributed by atoms with Crippen molar-refractivity contribution < 1.29 is 58.1 Å². The number of anilines is 1. The SMILES string of the molecule is CC(C=CC=C1N(CS(=O)(=O)O)c2ccc(S(=O)(=O)O)cc2C1(C)C)=CC=CC1=[N+](CS(=O)(=O)O)c2ccc(SOOO)cc2C1(C)C. The number of nitrogens with zero attached hydrogens (tertiary/aromatic N) is 2. The van der Waals surface area contributed by atoms with E-state index in [4.69, 9.17) is 5.26 Å². The summed E-state index contributed by atoms with van der Waals surface area (Å²) in [4.78, 5) is 1.58. The minimum absolute atomic E-state index is 0.352. The summed E-state index contributed by atoms with van der Waals surface area (Å²) >= 11 is 0.755. The highest BCUT2D eigenvalue weighted by atomic mass is 32.2. The minimum Gasteiger partial charge on any atom is -0.327 e. The maximum Gasteiger partial charge on any atom is 0.326 e. The highest BCUT2D eigenvalue weighted by Gasteiger charge is 2.46. The molecule has 2 aliphatic rings. The van der Waals surface area contributed by atoms with Crippen LogP contribution in [0.1, 0.15) is 45.7 Å². The van der Waals surface area contributed by atoms with E-state index in [-0.39, 0.29) is 4.90 Å². The number of allylic oxidation sites excluding steroid dienone is 8. The van der Waals surface area contributed by atoms with Crippen molar-refractivity contribution in [3.05, 3.63) is 95.3 Å². The maximum absolute atomic E-state index is 11.9. The molecule has 0 atom stereocenters. The van der Waals surface area contributed by atoms with Crippen LogP contribution >= 0.6 is 12.0 Å². The van der Waals surface area contributed by atoms with Crippen molar-refractivity contribution in [2.45, 2.75) is 55.2 Å². The van der Waals surface area contributed by atoms with Crippen LogP contribution in [0.3, 0.4) is 0 Å². The molecule has 0 aliphatic carbocycles. The fourth-order valence-corrected chi connectivity index (χ4v) is 7.93. The molecule has 48 heavy (non-hydrogen) atoms. The monoisotopic (exact) mass is 743 g/mol. The average Bonchev–Trinajstić information content (AvgIpc) is 3.28. The summed E-state index contributed by atoms with van der Waals surface area (Å²) in [5.41, 5.74) is 2.19. The lowest BCUT2D eigenvalue weighted by Gasteiger charge is -2.25. The first-order valence-corrected chi connectivity index (χ1v) is 19.4. The molecular formula is C30H35N2O12S4+. The van der Waals surface area contributed by atoms with Crippen molar-refractivity contribution in [1.29, 1.82) is 0 Å². The van der Waals surface area contributed by atoms with E-state index >= 15 is 0 Å². The topological polar surface area (TPSA) is 208 Å². The summed E-state index contributed by atoms with van der Waals surface area (Å²) in [6, 6.07) is 8.85. The molecule has 0 saturated heterocycles. The molecule has 0 amide bonds. The van der Waals surface area contributed by atoms with Gasteiger partial charge >= 0.3 is 10.1 Å². The normalized spacial score (nSPS) is 18.8. The van der Waals surface area contributed by atoms with Gasteiger partial charge in [0.25, 0.3) is 26.1 Å². The molecule has 0 aromatic heterocycles. The standard InChI is InChI=1S/C30H34N2O12S4/c1-20(8-6-10-27-29(2,3)23-16-21(45-44-43-33)12-14-25(23)31(27)18-46(34,35)36)9-7-11-28-30(4,5)24-17-22(48(40,41)42)13-15-26(24)32(28)19-47(37,38)39/h6-17H,18-19H2,1-5H3,(H3-,33,34,35,36,37,38,39,40,41,42)/p+1. The van der Waals surface area contributed by atoms with E-state index in [9.17, 15) is 38.9 Å². The van der Waals surface area contributed by atoms with E-state index in [2.05, 4.69) is 9.37 Å². The lowest BCUT2D eigenvalue weighted by Crippen LogP contribution is -2.30. The first kappa shape index (κ1) is 37.6. The van der Waals surface area contributed by atoms with Gasteiger partial charge in [0.1, 0.15) is 0 Å². The summed E-state index contributed by atoms with van der Waals surface area (Å²) in [5, 5.41) is 12.2. The van der Waals surface area contributed by atoms with Crippen LogP contribution in [0.5, 0.6) is 0 Å². The Morgan fingerprint density at radius 3 is 2.21 bits per heavy atom. The van der Waals surface area contributed by atoms with Gasteiger partial charge in [0.2, 0.25) is 5.69 Å². The van der Waals surface area contributed by atoms with Crippen LogP contribution < -0.4 is 4.90 Å². The Labute approximate surface area is 283 Å². The highest BCUT2D eigenvalue weighted by Crippen LogP contribution is 2.48. The molecule has 4 rings (SSSR count). The molecule has 14 nitrogen and oxygen atoms in total. The van der Waals surface area contributed by atoms with Gasteiger partial charge in [-0.2, -0.15) is 29.8 Å². The van der Waals surface area contributed by atoms with Crippen molar-refractivity contribution in [2.24, 2.45) is 0 Å². The molecule has 0 bridgehead atoms. The van der Waals surface area contributed by atoms with Gasteiger partial charge in [-0.1, -0.05) is 48.8 Å². The van der Waals surface area contributed by atoms with Crippen LogP contribution in [0.2, 0.25) is 0 Å². The van der Waals surface area contributed by atoms with Gasteiger partial charge in [-0.15, -0.1) is 4.33 Å². The lowest BCUT2D eigenvalue weighted by atomic mass is 9.81. The van der Waals surface area contributed by atoms with Crippen molar-refractivity contribution in [3.63, 3.8) is 0 Å².